The summed E-state index contributed by atoms with van der Waals surface area (Å²) in [5, 5.41) is 8.55. The van der Waals surface area contributed by atoms with Crippen LogP contribution in [0.2, 0.25) is 0 Å². The lowest BCUT2D eigenvalue weighted by Crippen LogP contribution is -2.09. The number of rotatable bonds is 0. The first kappa shape index (κ1) is 3.69. The Morgan fingerprint density at radius 2 is 1.56 bits per heavy atom. The average Bonchev–Trinajstić information content (AvgIpc) is 2.35. The zero-order valence-electron chi connectivity index (χ0n) is 5.07. The van der Waals surface area contributed by atoms with Crippen LogP contribution in [-0.4, -0.2) is 12.1 Å². The van der Waals surface area contributed by atoms with Crippen molar-refractivity contribution in [2.24, 2.45) is 33.9 Å². The van der Waals surface area contributed by atoms with Crippen molar-refractivity contribution in [2.45, 2.75) is 18.5 Å². The van der Waals surface area contributed by atoms with Crippen LogP contribution in [-0.2, 0) is 0 Å². The van der Waals surface area contributed by atoms with E-state index >= 15 is 0 Å². The molecule has 0 aromatic rings. The van der Waals surface area contributed by atoms with E-state index in [-0.39, 0.29) is 0 Å². The summed E-state index contributed by atoms with van der Waals surface area (Å²) in [6, 6.07) is 1.43. The molecule has 2 heteroatoms. The van der Waals surface area contributed by atoms with E-state index in [0.29, 0.717) is 12.1 Å². The van der Waals surface area contributed by atoms with Crippen LogP contribution < -0.4 is 0 Å². The van der Waals surface area contributed by atoms with Crippen LogP contribution in [0.4, 0.5) is 0 Å². The fourth-order valence-corrected chi connectivity index (χ4v) is 3.55. The maximum atomic E-state index is 4.27. The minimum absolute atomic E-state index is 0.713. The van der Waals surface area contributed by atoms with Gasteiger partial charge in [-0.05, 0) is 24.2 Å². The smallest absolute Gasteiger partial charge is 0.0792 e. The summed E-state index contributed by atoms with van der Waals surface area (Å²) >= 11 is 0. The van der Waals surface area contributed by atoms with Crippen LogP contribution in [0.3, 0.4) is 0 Å². The first-order chi connectivity index (χ1) is 4.47. The summed E-state index contributed by atoms with van der Waals surface area (Å²) in [6.45, 7) is 0. The number of hydrogen-bond donors (Lipinski definition) is 0. The molecule has 4 unspecified atom stereocenters. The van der Waals surface area contributed by atoms with Crippen molar-refractivity contribution >= 4 is 0 Å². The molecule has 2 nitrogen and oxygen atoms in total. The summed E-state index contributed by atoms with van der Waals surface area (Å²) in [4.78, 5) is 0. The molecule has 1 aliphatic heterocycles. The van der Waals surface area contributed by atoms with Crippen LogP contribution in [0.25, 0.3) is 0 Å². The van der Waals surface area contributed by atoms with E-state index in [4.69, 9.17) is 0 Å². The highest BCUT2D eigenvalue weighted by Crippen LogP contribution is 2.74. The van der Waals surface area contributed by atoms with Crippen LogP contribution in [0.5, 0.6) is 0 Å². The SMILES string of the molecule is C1C2C3N=NC2C2C1C32. The predicted molar refractivity (Wildman–Crippen MR) is 31.0 cm³/mol. The Labute approximate surface area is 53.4 Å². The number of nitrogens with zero attached hydrogens (tertiary/aromatic N) is 2. The summed E-state index contributed by atoms with van der Waals surface area (Å²) < 4.78 is 0. The lowest BCUT2D eigenvalue weighted by atomic mass is 10.1. The molecule has 6 bridgehead atoms. The molecule has 0 amide bonds. The lowest BCUT2D eigenvalue weighted by molar-refractivity contribution is 0.546. The minimum Gasteiger partial charge on any atom is -0.190 e. The van der Waals surface area contributed by atoms with Gasteiger partial charge in [0.25, 0.3) is 0 Å². The fourth-order valence-electron chi connectivity index (χ4n) is 3.55. The number of hydrogen-bond acceptors (Lipinski definition) is 2. The molecule has 0 spiro atoms. The highest BCUT2D eigenvalue weighted by atomic mass is 15.3. The second-order valence-electron chi connectivity index (χ2n) is 3.93. The standard InChI is InChI=1S/C7H8N2/c1-2-4-5(2)7-3(1)6(4)8-9-7/h2-7H,1H2. The third-order valence-electron chi connectivity index (χ3n) is 3.84. The van der Waals surface area contributed by atoms with Crippen LogP contribution in [0.1, 0.15) is 6.42 Å². The molecular weight excluding hydrogens is 112 g/mol. The Balaban J connectivity index is 2.08. The van der Waals surface area contributed by atoms with Crippen molar-refractivity contribution in [3.63, 3.8) is 0 Å². The lowest BCUT2D eigenvalue weighted by Gasteiger charge is -1.99. The molecule has 46 valence electrons. The van der Waals surface area contributed by atoms with Gasteiger partial charge < -0.3 is 0 Å². The van der Waals surface area contributed by atoms with E-state index in [1.54, 1.807) is 0 Å². The molecule has 0 aromatic heterocycles. The van der Waals surface area contributed by atoms with Crippen molar-refractivity contribution in [3.8, 4) is 0 Å². The summed E-state index contributed by atoms with van der Waals surface area (Å²) in [5.74, 6) is 4.06. The highest BCUT2D eigenvalue weighted by Gasteiger charge is 2.76. The van der Waals surface area contributed by atoms with Gasteiger partial charge in [0, 0.05) is 5.92 Å². The topological polar surface area (TPSA) is 24.7 Å². The Morgan fingerprint density at radius 3 is 1.89 bits per heavy atom. The Morgan fingerprint density at radius 1 is 0.889 bits per heavy atom. The highest BCUT2D eigenvalue weighted by molar-refractivity contribution is 5.27. The minimum atomic E-state index is 0.713. The van der Waals surface area contributed by atoms with Crippen molar-refractivity contribution in [2.75, 3.05) is 0 Å². The first-order valence-corrected chi connectivity index (χ1v) is 3.87. The van der Waals surface area contributed by atoms with Gasteiger partial charge in [0.05, 0.1) is 12.1 Å². The summed E-state index contributed by atoms with van der Waals surface area (Å²) in [6.07, 6.45) is 1.47. The van der Waals surface area contributed by atoms with Gasteiger partial charge in [0.15, 0.2) is 0 Å². The number of azo groups is 1. The molecule has 5 aliphatic rings. The quantitative estimate of drug-likeness (QED) is 0.457. The molecule has 0 aromatic carbocycles. The molecule has 4 fully saturated rings. The van der Waals surface area contributed by atoms with Gasteiger partial charge in [-0.3, -0.25) is 0 Å². The van der Waals surface area contributed by atoms with E-state index in [9.17, 15) is 0 Å². The molecule has 4 saturated carbocycles. The van der Waals surface area contributed by atoms with Crippen LogP contribution in [0, 0.1) is 23.7 Å². The molecule has 5 rings (SSSR count). The third kappa shape index (κ3) is 0.199. The third-order valence-corrected chi connectivity index (χ3v) is 3.84. The van der Waals surface area contributed by atoms with Gasteiger partial charge in [-0.2, -0.15) is 10.2 Å². The summed E-state index contributed by atoms with van der Waals surface area (Å²) in [7, 11) is 0. The van der Waals surface area contributed by atoms with Crippen LogP contribution in [0.15, 0.2) is 10.2 Å². The largest absolute Gasteiger partial charge is 0.190 e. The zero-order valence-corrected chi connectivity index (χ0v) is 5.07. The predicted octanol–water partition coefficient (Wildman–Crippen LogP) is 1.09. The molecule has 0 saturated heterocycles. The van der Waals surface area contributed by atoms with Crippen molar-refractivity contribution in [1.82, 2.24) is 0 Å². The zero-order chi connectivity index (χ0) is 5.59. The first-order valence-electron chi connectivity index (χ1n) is 3.87. The van der Waals surface area contributed by atoms with Crippen molar-refractivity contribution < 1.29 is 0 Å². The second kappa shape index (κ2) is 0.780. The fraction of sp³-hybridized carbons (Fsp3) is 1.00. The van der Waals surface area contributed by atoms with Crippen molar-refractivity contribution in [1.29, 1.82) is 0 Å². The van der Waals surface area contributed by atoms with E-state index in [2.05, 4.69) is 10.2 Å². The molecule has 9 heavy (non-hydrogen) atoms. The molecule has 1 heterocycles. The summed E-state index contributed by atoms with van der Waals surface area (Å²) in [5.41, 5.74) is 0. The normalized spacial score (nSPS) is 78.2. The van der Waals surface area contributed by atoms with Gasteiger partial charge in [0.2, 0.25) is 0 Å². The van der Waals surface area contributed by atoms with Gasteiger partial charge in [-0.15, -0.1) is 0 Å². The molecule has 4 aliphatic carbocycles. The Bertz CT molecular complexity index is 203. The van der Waals surface area contributed by atoms with Gasteiger partial charge in [0.1, 0.15) is 0 Å². The molecule has 0 N–H and O–H groups in total. The molecular formula is C7H8N2. The Hall–Kier alpha value is -0.400. The van der Waals surface area contributed by atoms with Crippen molar-refractivity contribution in [3.05, 3.63) is 0 Å². The van der Waals surface area contributed by atoms with Gasteiger partial charge >= 0.3 is 0 Å². The average molecular weight is 120 g/mol. The van der Waals surface area contributed by atoms with E-state index in [1.807, 2.05) is 0 Å². The van der Waals surface area contributed by atoms with E-state index in [1.165, 1.54) is 6.42 Å². The monoisotopic (exact) mass is 120 g/mol. The Kier molecular flexibility index (Phi) is 0.320. The molecule has 4 atom stereocenters. The maximum Gasteiger partial charge on any atom is 0.0792 e. The molecule has 0 radical (unpaired) electrons. The van der Waals surface area contributed by atoms with Crippen LogP contribution >= 0.6 is 0 Å². The van der Waals surface area contributed by atoms with E-state index < -0.39 is 0 Å². The van der Waals surface area contributed by atoms with E-state index in [0.717, 1.165) is 23.7 Å². The van der Waals surface area contributed by atoms with Gasteiger partial charge in [-0.1, -0.05) is 0 Å². The van der Waals surface area contributed by atoms with Gasteiger partial charge in [-0.25, -0.2) is 0 Å². The maximum absolute atomic E-state index is 4.27. The second-order valence-corrected chi connectivity index (χ2v) is 3.93.